The van der Waals surface area contributed by atoms with Crippen molar-refractivity contribution in [1.29, 1.82) is 0 Å². The maximum Gasteiger partial charge on any atom is -0.000718 e. The maximum absolute atomic E-state index is 4.57. The van der Waals surface area contributed by atoms with Gasteiger partial charge in [-0.2, -0.15) is 0 Å². The van der Waals surface area contributed by atoms with Gasteiger partial charge in [0.15, 0.2) is 0 Å². The van der Waals surface area contributed by atoms with Crippen LogP contribution in [0.1, 0.15) is 66.1 Å². The molecule has 0 spiro atoms. The average Bonchev–Trinajstić information content (AvgIpc) is 3.58. The molecule has 0 N–H and O–H groups in total. The van der Waals surface area contributed by atoms with E-state index >= 15 is 0 Å². The first kappa shape index (κ1) is 32.5. The largest absolute Gasteiger partial charge is 0.0991 e. The van der Waals surface area contributed by atoms with E-state index in [0.29, 0.717) is 0 Å². The summed E-state index contributed by atoms with van der Waals surface area (Å²) in [5.74, 6) is 0. The van der Waals surface area contributed by atoms with Gasteiger partial charge >= 0.3 is 0 Å². The Morgan fingerprint density at radius 1 is 0.854 bits per heavy atom. The lowest BCUT2D eigenvalue weighted by atomic mass is 9.77. The predicted molar refractivity (Wildman–Crippen MR) is 213 cm³/mol. The molecule has 0 aliphatic heterocycles. The number of rotatable bonds is 12. The van der Waals surface area contributed by atoms with Crippen molar-refractivity contribution in [3.8, 4) is 11.1 Å². The van der Waals surface area contributed by atoms with E-state index < -0.39 is 0 Å². The van der Waals surface area contributed by atoms with Gasteiger partial charge in [-0.1, -0.05) is 159 Å². The lowest BCUT2D eigenvalue weighted by Gasteiger charge is -2.27. The van der Waals surface area contributed by atoms with Crippen LogP contribution in [0.4, 0.5) is 0 Å². The number of fused-ring (bicyclic) bond motifs is 1. The Morgan fingerprint density at radius 2 is 1.67 bits per heavy atom. The Labute approximate surface area is 287 Å². The van der Waals surface area contributed by atoms with Gasteiger partial charge in [0, 0.05) is 0 Å². The zero-order valence-electron chi connectivity index (χ0n) is 28.5. The van der Waals surface area contributed by atoms with Crippen LogP contribution < -0.4 is 0 Å². The van der Waals surface area contributed by atoms with E-state index in [9.17, 15) is 0 Å². The van der Waals surface area contributed by atoms with E-state index in [2.05, 4.69) is 162 Å². The SMILES string of the molecule is C=C/C=C\C(=C/C)c1ccc(-c2ccc3c4c(c(/C(=C\C(=C)c5ccc6c(c5)CC=C6)C\C=C/C(/C=C\C)=C(\C)C=C)ccc24)C3)cc1. The van der Waals surface area contributed by atoms with Crippen LogP contribution in [0.15, 0.2) is 164 Å². The van der Waals surface area contributed by atoms with Gasteiger partial charge in [-0.05, 0) is 129 Å². The highest BCUT2D eigenvalue weighted by atomic mass is 14.3. The molecule has 0 heteroatoms. The fourth-order valence-electron chi connectivity index (χ4n) is 6.86. The molecule has 0 aromatic heterocycles. The number of hydrogen-bond donors (Lipinski definition) is 0. The van der Waals surface area contributed by atoms with Gasteiger partial charge in [0.1, 0.15) is 0 Å². The Kier molecular flexibility index (Phi) is 9.83. The first-order chi connectivity index (χ1) is 23.4. The van der Waals surface area contributed by atoms with Gasteiger partial charge in [-0.3, -0.25) is 0 Å². The molecule has 0 amide bonds. The summed E-state index contributed by atoms with van der Waals surface area (Å²) in [7, 11) is 0. The molecule has 48 heavy (non-hydrogen) atoms. The normalized spacial score (nSPS) is 14.6. The molecule has 4 aromatic rings. The number of hydrogen-bond acceptors (Lipinski definition) is 0. The van der Waals surface area contributed by atoms with E-state index in [-0.39, 0.29) is 0 Å². The second-order valence-corrected chi connectivity index (χ2v) is 12.5. The van der Waals surface area contributed by atoms with Crippen LogP contribution >= 0.6 is 0 Å². The molecular weight excluding hydrogens is 577 g/mol. The van der Waals surface area contributed by atoms with Crippen LogP contribution in [-0.2, 0) is 12.8 Å². The van der Waals surface area contributed by atoms with Gasteiger partial charge in [-0.15, -0.1) is 0 Å². The van der Waals surface area contributed by atoms with Crippen LogP contribution in [0.3, 0.4) is 0 Å². The van der Waals surface area contributed by atoms with Gasteiger partial charge in [0.05, 0.1) is 0 Å². The van der Waals surface area contributed by atoms with Crippen molar-refractivity contribution in [3.63, 3.8) is 0 Å². The topological polar surface area (TPSA) is 0 Å². The first-order valence-electron chi connectivity index (χ1n) is 16.9. The summed E-state index contributed by atoms with van der Waals surface area (Å²) in [5, 5.41) is 2.72. The van der Waals surface area contributed by atoms with Crippen molar-refractivity contribution in [2.75, 3.05) is 0 Å². The Morgan fingerprint density at radius 3 is 2.42 bits per heavy atom. The number of benzene rings is 4. The smallest absolute Gasteiger partial charge is 0.000718 e. The second-order valence-electron chi connectivity index (χ2n) is 12.5. The monoisotopic (exact) mass is 620 g/mol. The summed E-state index contributed by atoms with van der Waals surface area (Å²) in [6.45, 7) is 18.6. The molecule has 0 bridgehead atoms. The molecular formula is C48H44. The molecule has 0 atom stereocenters. The quantitative estimate of drug-likeness (QED) is 0.122. The van der Waals surface area contributed by atoms with E-state index in [1.807, 2.05) is 18.2 Å². The summed E-state index contributed by atoms with van der Waals surface area (Å²) in [6, 6.07) is 25.0. The van der Waals surface area contributed by atoms with Crippen LogP contribution in [0.2, 0.25) is 0 Å². The van der Waals surface area contributed by atoms with Gasteiger partial charge in [0.2, 0.25) is 0 Å². The lowest BCUT2D eigenvalue weighted by Crippen LogP contribution is -2.08. The van der Waals surface area contributed by atoms with Crippen LogP contribution in [0.25, 0.3) is 44.7 Å². The summed E-state index contributed by atoms with van der Waals surface area (Å²) in [6.07, 6.45) is 28.2. The van der Waals surface area contributed by atoms with Gasteiger partial charge in [0.25, 0.3) is 0 Å². The van der Waals surface area contributed by atoms with Crippen molar-refractivity contribution in [2.24, 2.45) is 0 Å². The van der Waals surface area contributed by atoms with E-state index in [1.165, 1.54) is 83.1 Å². The second kappa shape index (κ2) is 14.5. The molecule has 2 aliphatic carbocycles. The Balaban J connectivity index is 1.39. The van der Waals surface area contributed by atoms with E-state index in [4.69, 9.17) is 0 Å². The van der Waals surface area contributed by atoms with Crippen LogP contribution in [0.5, 0.6) is 0 Å². The average molecular weight is 621 g/mol. The molecule has 6 rings (SSSR count). The van der Waals surface area contributed by atoms with Crippen molar-refractivity contribution >= 4 is 33.6 Å². The third-order valence-electron chi connectivity index (χ3n) is 9.58. The minimum absolute atomic E-state index is 0.805. The molecule has 0 unspecified atom stereocenters. The van der Waals surface area contributed by atoms with Crippen LogP contribution in [-0.4, -0.2) is 0 Å². The van der Waals surface area contributed by atoms with Crippen LogP contribution in [0, 0.1) is 0 Å². The van der Waals surface area contributed by atoms with Gasteiger partial charge < -0.3 is 0 Å². The molecule has 0 nitrogen and oxygen atoms in total. The molecule has 0 saturated carbocycles. The van der Waals surface area contributed by atoms with E-state index in [1.54, 1.807) is 0 Å². The molecule has 236 valence electrons. The highest BCUT2D eigenvalue weighted by Crippen LogP contribution is 2.44. The van der Waals surface area contributed by atoms with E-state index in [0.717, 1.165) is 24.8 Å². The minimum atomic E-state index is 0.805. The standard InChI is InChI=1S/C48H44/c1-7-11-15-35(10-4)38-20-23-39(24-21-38)44-27-26-43-32-47-45(28-29-46(44)48(43)47)42(19-12-16-36(14-8-2)33(5)9-3)30-34(6)40-25-22-37-17-13-18-41(37)31-40/h7-17,20-31H,1,3,6,18-19,32H2,2,4-5H3/b14-8-,15-11-,16-12-,35-10+,36-33+,42-30-. The van der Waals surface area contributed by atoms with Crippen molar-refractivity contribution in [3.05, 3.63) is 203 Å². The zero-order chi connectivity index (χ0) is 33.6. The first-order valence-corrected chi connectivity index (χ1v) is 16.9. The Hall–Kier alpha value is -5.46. The van der Waals surface area contributed by atoms with Crippen molar-refractivity contribution in [1.82, 2.24) is 0 Å². The van der Waals surface area contributed by atoms with Crippen molar-refractivity contribution in [2.45, 2.75) is 40.0 Å². The lowest BCUT2D eigenvalue weighted by molar-refractivity contribution is 1.14. The molecule has 0 heterocycles. The fraction of sp³-hybridized carbons (Fsp3) is 0.125. The van der Waals surface area contributed by atoms with Crippen molar-refractivity contribution < 1.29 is 0 Å². The summed E-state index contributed by atoms with van der Waals surface area (Å²) in [4.78, 5) is 0. The summed E-state index contributed by atoms with van der Waals surface area (Å²) >= 11 is 0. The third-order valence-corrected chi connectivity index (χ3v) is 9.58. The predicted octanol–water partition coefficient (Wildman–Crippen LogP) is 13.2. The Bertz CT molecular complexity index is 2140. The highest BCUT2D eigenvalue weighted by Gasteiger charge is 2.24. The molecule has 0 saturated heterocycles. The van der Waals surface area contributed by atoms with Gasteiger partial charge in [-0.25, -0.2) is 0 Å². The molecule has 0 fully saturated rings. The molecule has 2 aliphatic rings. The maximum atomic E-state index is 4.57. The summed E-state index contributed by atoms with van der Waals surface area (Å²) < 4.78 is 0. The minimum Gasteiger partial charge on any atom is -0.0991 e. The molecule has 4 aromatic carbocycles. The molecule has 0 radical (unpaired) electrons. The highest BCUT2D eigenvalue weighted by molar-refractivity contribution is 6.06. The summed E-state index contributed by atoms with van der Waals surface area (Å²) in [5.41, 5.74) is 17.6. The fourth-order valence-corrected chi connectivity index (χ4v) is 6.86. The zero-order valence-corrected chi connectivity index (χ0v) is 28.5. The number of allylic oxidation sites excluding steroid dienone is 16. The third kappa shape index (κ3) is 6.53.